The third-order valence-electron chi connectivity index (χ3n) is 5.09. The third-order valence-corrected chi connectivity index (χ3v) is 6.34. The molecule has 2 N–H and O–H groups in total. The predicted molar refractivity (Wildman–Crippen MR) is 112 cm³/mol. The third kappa shape index (κ3) is 7.14. The molecular weight excluding hydrogens is 360 g/mol. The van der Waals surface area contributed by atoms with Gasteiger partial charge in [-0.2, -0.15) is 0 Å². The van der Waals surface area contributed by atoms with Gasteiger partial charge in [0.05, 0.1) is 11.4 Å². The van der Waals surface area contributed by atoms with E-state index in [0.29, 0.717) is 11.4 Å². The highest BCUT2D eigenvalue weighted by Crippen LogP contribution is 2.19. The highest BCUT2D eigenvalue weighted by atomic mass is 32.2. The molecule has 1 aliphatic heterocycles. The van der Waals surface area contributed by atoms with E-state index in [4.69, 9.17) is 0 Å². The molecule has 1 aromatic rings. The monoisotopic (exact) mass is 394 g/mol. The van der Waals surface area contributed by atoms with E-state index in [9.17, 15) is 8.42 Å². The molecule has 0 spiro atoms. The summed E-state index contributed by atoms with van der Waals surface area (Å²) in [5.41, 5.74) is 1.78. The maximum atomic E-state index is 11.7. The summed E-state index contributed by atoms with van der Waals surface area (Å²) < 4.78 is 23.5. The van der Waals surface area contributed by atoms with Crippen molar-refractivity contribution in [2.75, 3.05) is 39.5 Å². The largest absolute Gasteiger partial charge is 0.357 e. The van der Waals surface area contributed by atoms with Crippen LogP contribution in [0.15, 0.2) is 28.1 Å². The standard InChI is InChI=1S/C20H34N4O2S/c1-5-21-20(22-11-8-17-9-12-24(3)13-10-17)23-15-18-6-7-19(16(2)14-18)27(4,25)26/h6-7,14,17H,5,8-13,15H2,1-4H3,(H2,21,22,23). The Hall–Kier alpha value is -1.60. The van der Waals surface area contributed by atoms with Crippen LogP contribution in [0, 0.1) is 12.8 Å². The Balaban J connectivity index is 1.90. The van der Waals surface area contributed by atoms with Crippen molar-refractivity contribution in [2.24, 2.45) is 10.9 Å². The highest BCUT2D eigenvalue weighted by Gasteiger charge is 2.16. The lowest BCUT2D eigenvalue weighted by atomic mass is 9.94. The number of sulfone groups is 1. The van der Waals surface area contributed by atoms with Crippen molar-refractivity contribution < 1.29 is 8.42 Å². The predicted octanol–water partition coefficient (Wildman–Crippen LogP) is 2.19. The summed E-state index contributed by atoms with van der Waals surface area (Å²) in [7, 11) is -0.991. The van der Waals surface area contributed by atoms with Gasteiger partial charge in [0.25, 0.3) is 0 Å². The van der Waals surface area contributed by atoms with Crippen LogP contribution in [0.2, 0.25) is 0 Å². The van der Waals surface area contributed by atoms with Gasteiger partial charge >= 0.3 is 0 Å². The molecule has 152 valence electrons. The van der Waals surface area contributed by atoms with Gasteiger partial charge in [0, 0.05) is 19.3 Å². The normalized spacial score (nSPS) is 17.1. The second-order valence-corrected chi connectivity index (χ2v) is 9.51. The lowest BCUT2D eigenvalue weighted by molar-refractivity contribution is 0.213. The molecule has 0 atom stereocenters. The summed E-state index contributed by atoms with van der Waals surface area (Å²) in [6.45, 7) is 8.53. The molecule has 1 saturated heterocycles. The molecule has 0 bridgehead atoms. The summed E-state index contributed by atoms with van der Waals surface area (Å²) in [5, 5.41) is 6.71. The lowest BCUT2D eigenvalue weighted by Crippen LogP contribution is -2.39. The van der Waals surface area contributed by atoms with Crippen LogP contribution in [-0.4, -0.2) is 58.8 Å². The number of hydrogen-bond donors (Lipinski definition) is 2. The fourth-order valence-electron chi connectivity index (χ4n) is 3.48. The maximum absolute atomic E-state index is 11.7. The quantitative estimate of drug-likeness (QED) is 0.548. The molecule has 0 radical (unpaired) electrons. The van der Waals surface area contributed by atoms with Crippen LogP contribution in [0.4, 0.5) is 0 Å². The number of benzene rings is 1. The summed E-state index contributed by atoms with van der Waals surface area (Å²) in [6, 6.07) is 5.42. The van der Waals surface area contributed by atoms with Crippen LogP contribution in [0.1, 0.15) is 37.3 Å². The Morgan fingerprint density at radius 3 is 2.56 bits per heavy atom. The molecule has 0 unspecified atom stereocenters. The zero-order chi connectivity index (χ0) is 19.9. The van der Waals surface area contributed by atoms with E-state index in [1.807, 2.05) is 19.1 Å². The summed E-state index contributed by atoms with van der Waals surface area (Å²) >= 11 is 0. The van der Waals surface area contributed by atoms with Crippen molar-refractivity contribution in [1.29, 1.82) is 0 Å². The second-order valence-electron chi connectivity index (χ2n) is 7.53. The Bertz CT molecular complexity index is 738. The van der Waals surface area contributed by atoms with Crippen molar-refractivity contribution in [1.82, 2.24) is 15.5 Å². The van der Waals surface area contributed by atoms with E-state index in [1.165, 1.54) is 38.6 Å². The second kappa shape index (κ2) is 10.1. The van der Waals surface area contributed by atoms with E-state index in [2.05, 4.69) is 34.5 Å². The molecule has 1 aliphatic rings. The van der Waals surface area contributed by atoms with E-state index in [-0.39, 0.29) is 0 Å². The molecule has 7 heteroatoms. The average molecular weight is 395 g/mol. The van der Waals surface area contributed by atoms with Crippen LogP contribution in [0.3, 0.4) is 0 Å². The number of likely N-dealkylation sites (tertiary alicyclic amines) is 1. The van der Waals surface area contributed by atoms with Gasteiger partial charge in [-0.1, -0.05) is 12.1 Å². The minimum Gasteiger partial charge on any atom is -0.357 e. The molecule has 2 rings (SSSR count). The van der Waals surface area contributed by atoms with Crippen LogP contribution in [0.5, 0.6) is 0 Å². The van der Waals surface area contributed by atoms with E-state index < -0.39 is 9.84 Å². The number of hydrogen-bond acceptors (Lipinski definition) is 4. The molecule has 0 amide bonds. The van der Waals surface area contributed by atoms with Crippen LogP contribution in [0.25, 0.3) is 0 Å². The zero-order valence-corrected chi connectivity index (χ0v) is 17.9. The Labute approximate surface area is 164 Å². The molecule has 1 aromatic carbocycles. The molecule has 27 heavy (non-hydrogen) atoms. The molecule has 0 aliphatic carbocycles. The molecule has 1 heterocycles. The Morgan fingerprint density at radius 2 is 1.96 bits per heavy atom. The molecule has 0 saturated carbocycles. The molecule has 0 aromatic heterocycles. The summed E-state index contributed by atoms with van der Waals surface area (Å²) in [5.74, 6) is 1.61. The number of nitrogens with one attached hydrogen (secondary N) is 2. The highest BCUT2D eigenvalue weighted by molar-refractivity contribution is 7.90. The lowest BCUT2D eigenvalue weighted by Gasteiger charge is -2.29. The van der Waals surface area contributed by atoms with E-state index in [0.717, 1.165) is 36.1 Å². The molecular formula is C20H34N4O2S. The number of rotatable bonds is 7. The fraction of sp³-hybridized carbons (Fsp3) is 0.650. The minimum absolute atomic E-state index is 0.387. The number of aliphatic imine (C=N–C) groups is 1. The first-order valence-electron chi connectivity index (χ1n) is 9.80. The summed E-state index contributed by atoms with van der Waals surface area (Å²) in [4.78, 5) is 7.43. The van der Waals surface area contributed by atoms with Gasteiger partial charge in [-0.25, -0.2) is 13.4 Å². The molecule has 6 nitrogen and oxygen atoms in total. The smallest absolute Gasteiger partial charge is 0.191 e. The fourth-order valence-corrected chi connectivity index (χ4v) is 4.44. The maximum Gasteiger partial charge on any atom is 0.191 e. The van der Waals surface area contributed by atoms with Gasteiger partial charge in [-0.3, -0.25) is 0 Å². The van der Waals surface area contributed by atoms with Gasteiger partial charge in [-0.15, -0.1) is 0 Å². The van der Waals surface area contributed by atoms with Crippen LogP contribution >= 0.6 is 0 Å². The van der Waals surface area contributed by atoms with Crippen molar-refractivity contribution >= 4 is 15.8 Å². The van der Waals surface area contributed by atoms with Gasteiger partial charge < -0.3 is 15.5 Å². The van der Waals surface area contributed by atoms with Crippen molar-refractivity contribution in [3.8, 4) is 0 Å². The first-order valence-corrected chi connectivity index (χ1v) is 11.7. The van der Waals surface area contributed by atoms with Crippen molar-refractivity contribution in [3.63, 3.8) is 0 Å². The number of piperidine rings is 1. The van der Waals surface area contributed by atoms with Crippen molar-refractivity contribution in [3.05, 3.63) is 29.3 Å². The van der Waals surface area contributed by atoms with Gasteiger partial charge in [0.2, 0.25) is 0 Å². The van der Waals surface area contributed by atoms with Gasteiger partial charge in [0.15, 0.2) is 15.8 Å². The number of nitrogens with zero attached hydrogens (tertiary/aromatic N) is 2. The molecule has 1 fully saturated rings. The average Bonchev–Trinajstić information content (AvgIpc) is 2.60. The Kier molecular flexibility index (Phi) is 8.10. The first-order chi connectivity index (χ1) is 12.8. The van der Waals surface area contributed by atoms with Crippen LogP contribution < -0.4 is 10.6 Å². The first kappa shape index (κ1) is 21.7. The van der Waals surface area contributed by atoms with Gasteiger partial charge in [0.1, 0.15) is 0 Å². The SMILES string of the molecule is CCNC(=NCc1ccc(S(C)(=O)=O)c(C)c1)NCCC1CCN(C)CC1. The van der Waals surface area contributed by atoms with E-state index >= 15 is 0 Å². The number of aryl methyl sites for hydroxylation is 1. The number of guanidine groups is 1. The van der Waals surface area contributed by atoms with Gasteiger partial charge in [-0.05, 0) is 76.4 Å². The summed E-state index contributed by atoms with van der Waals surface area (Å²) in [6.07, 6.45) is 4.96. The zero-order valence-electron chi connectivity index (χ0n) is 17.1. The van der Waals surface area contributed by atoms with E-state index in [1.54, 1.807) is 6.07 Å². The van der Waals surface area contributed by atoms with Crippen LogP contribution in [-0.2, 0) is 16.4 Å². The minimum atomic E-state index is -3.18. The van der Waals surface area contributed by atoms with Crippen molar-refractivity contribution in [2.45, 2.75) is 44.6 Å². The topological polar surface area (TPSA) is 73.8 Å². The Morgan fingerprint density at radius 1 is 1.26 bits per heavy atom.